The Labute approximate surface area is 117 Å². The molecule has 0 saturated carbocycles. The number of aliphatic hydroxyl groups is 1. The van der Waals surface area contributed by atoms with Crippen molar-refractivity contribution in [3.05, 3.63) is 50.4 Å². The summed E-state index contributed by atoms with van der Waals surface area (Å²) in [6, 6.07) is 6.47. The van der Waals surface area contributed by atoms with E-state index in [2.05, 4.69) is 15.9 Å². The van der Waals surface area contributed by atoms with Crippen LogP contribution in [0.2, 0.25) is 0 Å². The van der Waals surface area contributed by atoms with Crippen molar-refractivity contribution in [2.45, 2.75) is 12.5 Å². The van der Waals surface area contributed by atoms with E-state index in [9.17, 15) is 9.50 Å². The molecule has 96 valence electrons. The number of hydrogen-bond acceptors (Lipinski definition) is 3. The van der Waals surface area contributed by atoms with Crippen LogP contribution in [0.4, 0.5) is 4.39 Å². The maximum Gasteiger partial charge on any atom is 0.165 e. The molecule has 0 bridgehead atoms. The molecule has 5 heteroatoms. The van der Waals surface area contributed by atoms with Gasteiger partial charge in [-0.25, -0.2) is 4.39 Å². The predicted octanol–water partition coefficient (Wildman–Crippen LogP) is 3.93. The van der Waals surface area contributed by atoms with Gasteiger partial charge in [0.2, 0.25) is 0 Å². The first-order valence-corrected chi connectivity index (χ1v) is 7.02. The van der Waals surface area contributed by atoms with E-state index in [1.54, 1.807) is 17.4 Å². The van der Waals surface area contributed by atoms with E-state index in [1.807, 2.05) is 11.4 Å². The van der Waals surface area contributed by atoms with Crippen LogP contribution in [0.25, 0.3) is 0 Å². The van der Waals surface area contributed by atoms with Crippen LogP contribution in [0, 0.1) is 5.82 Å². The molecule has 0 spiro atoms. The van der Waals surface area contributed by atoms with Crippen molar-refractivity contribution in [1.82, 2.24) is 0 Å². The number of hydrogen-bond donors (Lipinski definition) is 1. The maximum atomic E-state index is 13.5. The molecule has 1 atom stereocenters. The number of benzene rings is 1. The van der Waals surface area contributed by atoms with Crippen molar-refractivity contribution in [2.24, 2.45) is 0 Å². The lowest BCUT2D eigenvalue weighted by Gasteiger charge is -2.11. The Morgan fingerprint density at radius 3 is 2.78 bits per heavy atom. The summed E-state index contributed by atoms with van der Waals surface area (Å²) in [6.07, 6.45) is -0.238. The van der Waals surface area contributed by atoms with Crippen molar-refractivity contribution < 1.29 is 14.2 Å². The highest BCUT2D eigenvalue weighted by molar-refractivity contribution is 9.10. The van der Waals surface area contributed by atoms with Crippen LogP contribution in [-0.4, -0.2) is 12.2 Å². The third-order valence-corrected chi connectivity index (χ3v) is 4.30. The summed E-state index contributed by atoms with van der Waals surface area (Å²) in [5, 5.41) is 12.0. The molecule has 0 amide bonds. The van der Waals surface area contributed by atoms with E-state index in [1.165, 1.54) is 19.2 Å². The van der Waals surface area contributed by atoms with Crippen molar-refractivity contribution in [3.8, 4) is 5.75 Å². The summed E-state index contributed by atoms with van der Waals surface area (Å²) in [6.45, 7) is 0. The number of rotatable bonds is 4. The zero-order chi connectivity index (χ0) is 13.1. The molecule has 2 rings (SSSR count). The zero-order valence-electron chi connectivity index (χ0n) is 9.69. The minimum Gasteiger partial charge on any atom is -0.494 e. The molecule has 1 heterocycles. The molecule has 1 unspecified atom stereocenters. The fourth-order valence-electron chi connectivity index (χ4n) is 1.66. The maximum absolute atomic E-state index is 13.5. The molecule has 1 N–H and O–H groups in total. The molecule has 0 saturated heterocycles. The topological polar surface area (TPSA) is 29.5 Å². The van der Waals surface area contributed by atoms with Crippen LogP contribution >= 0.6 is 27.3 Å². The second-order valence-electron chi connectivity index (χ2n) is 3.85. The van der Waals surface area contributed by atoms with Crippen LogP contribution in [-0.2, 0) is 6.42 Å². The van der Waals surface area contributed by atoms with Gasteiger partial charge in [-0.1, -0.05) is 6.07 Å². The Morgan fingerprint density at radius 2 is 2.22 bits per heavy atom. The Morgan fingerprint density at radius 1 is 1.44 bits per heavy atom. The summed E-state index contributed by atoms with van der Waals surface area (Å²) < 4.78 is 19.3. The molecule has 2 aromatic rings. The Kier molecular flexibility index (Phi) is 4.37. The molecule has 1 aromatic carbocycles. The predicted molar refractivity (Wildman–Crippen MR) is 73.6 cm³/mol. The molecule has 0 aliphatic carbocycles. The lowest BCUT2D eigenvalue weighted by atomic mass is 10.1. The molecule has 2 nitrogen and oxygen atoms in total. The van der Waals surface area contributed by atoms with E-state index in [0.29, 0.717) is 12.0 Å². The fourth-order valence-corrected chi connectivity index (χ4v) is 3.15. The highest BCUT2D eigenvalue weighted by Crippen LogP contribution is 2.27. The molecule has 0 fully saturated rings. The van der Waals surface area contributed by atoms with Crippen molar-refractivity contribution in [2.75, 3.05) is 7.11 Å². The van der Waals surface area contributed by atoms with Crippen molar-refractivity contribution in [1.29, 1.82) is 0 Å². The van der Waals surface area contributed by atoms with Gasteiger partial charge in [0.15, 0.2) is 11.6 Å². The molecule has 0 aliphatic heterocycles. The molecular weight excluding hydrogens is 319 g/mol. The van der Waals surface area contributed by atoms with Gasteiger partial charge in [0.1, 0.15) is 0 Å². The second kappa shape index (κ2) is 5.82. The Hall–Kier alpha value is -0.910. The second-order valence-corrected chi connectivity index (χ2v) is 5.76. The number of halogens is 2. The first-order chi connectivity index (χ1) is 8.60. The quantitative estimate of drug-likeness (QED) is 0.920. The van der Waals surface area contributed by atoms with Crippen molar-refractivity contribution in [3.63, 3.8) is 0 Å². The standard InChI is InChI=1S/C13H12BrFO2S/c1-17-13-3-2-8(4-11(13)15)12(16)6-10-5-9(14)7-18-10/h2-5,7,12,16H,6H2,1H3. The highest BCUT2D eigenvalue weighted by atomic mass is 79.9. The summed E-state index contributed by atoms with van der Waals surface area (Å²) >= 11 is 4.92. The van der Waals surface area contributed by atoms with E-state index < -0.39 is 11.9 Å². The largest absolute Gasteiger partial charge is 0.494 e. The molecular formula is C13H12BrFO2S. The van der Waals surface area contributed by atoms with Gasteiger partial charge in [0, 0.05) is 21.2 Å². The molecule has 0 aliphatic rings. The van der Waals surface area contributed by atoms with E-state index >= 15 is 0 Å². The van der Waals surface area contributed by atoms with Gasteiger partial charge >= 0.3 is 0 Å². The molecule has 1 aromatic heterocycles. The summed E-state index contributed by atoms with van der Waals surface area (Å²) in [5.74, 6) is -0.272. The lowest BCUT2D eigenvalue weighted by Crippen LogP contribution is -2.01. The van der Waals surface area contributed by atoms with Gasteiger partial charge in [-0.3, -0.25) is 0 Å². The lowest BCUT2D eigenvalue weighted by molar-refractivity contribution is 0.179. The number of aliphatic hydroxyl groups excluding tert-OH is 1. The summed E-state index contributed by atoms with van der Waals surface area (Å²) in [7, 11) is 1.41. The van der Waals surface area contributed by atoms with Gasteiger partial charge in [-0.2, -0.15) is 0 Å². The average molecular weight is 331 g/mol. The molecule has 18 heavy (non-hydrogen) atoms. The first kappa shape index (κ1) is 13.5. The third kappa shape index (κ3) is 3.10. The highest BCUT2D eigenvalue weighted by Gasteiger charge is 2.13. The van der Waals surface area contributed by atoms with Crippen LogP contribution < -0.4 is 4.74 Å². The van der Waals surface area contributed by atoms with Crippen LogP contribution in [0.5, 0.6) is 5.75 Å². The average Bonchev–Trinajstić information content (AvgIpc) is 2.74. The number of thiophene rings is 1. The van der Waals surface area contributed by atoms with Gasteiger partial charge in [0.25, 0.3) is 0 Å². The normalized spacial score (nSPS) is 12.4. The van der Waals surface area contributed by atoms with Gasteiger partial charge < -0.3 is 9.84 Å². The summed E-state index contributed by atoms with van der Waals surface area (Å²) in [4.78, 5) is 1.05. The van der Waals surface area contributed by atoms with Gasteiger partial charge in [-0.15, -0.1) is 11.3 Å². The van der Waals surface area contributed by atoms with Crippen LogP contribution in [0.3, 0.4) is 0 Å². The smallest absolute Gasteiger partial charge is 0.165 e. The van der Waals surface area contributed by atoms with E-state index in [0.717, 1.165) is 9.35 Å². The van der Waals surface area contributed by atoms with Crippen LogP contribution in [0.1, 0.15) is 16.5 Å². The third-order valence-electron chi connectivity index (χ3n) is 2.58. The van der Waals surface area contributed by atoms with Crippen LogP contribution in [0.15, 0.2) is 34.1 Å². The first-order valence-electron chi connectivity index (χ1n) is 5.34. The Balaban J connectivity index is 2.13. The SMILES string of the molecule is COc1ccc(C(O)Cc2cc(Br)cs2)cc1F. The molecule has 0 radical (unpaired) electrons. The van der Waals surface area contributed by atoms with Gasteiger partial charge in [0.05, 0.1) is 13.2 Å². The minimum absolute atomic E-state index is 0.185. The number of methoxy groups -OCH3 is 1. The monoisotopic (exact) mass is 330 g/mol. The fraction of sp³-hybridized carbons (Fsp3) is 0.231. The number of ether oxygens (including phenoxy) is 1. The minimum atomic E-state index is -0.712. The van der Waals surface area contributed by atoms with E-state index in [-0.39, 0.29) is 5.75 Å². The van der Waals surface area contributed by atoms with E-state index in [4.69, 9.17) is 4.74 Å². The summed E-state index contributed by atoms with van der Waals surface area (Å²) in [5.41, 5.74) is 0.554. The Bertz CT molecular complexity index is 542. The zero-order valence-corrected chi connectivity index (χ0v) is 12.1. The van der Waals surface area contributed by atoms with Crippen molar-refractivity contribution >= 4 is 27.3 Å². The van der Waals surface area contributed by atoms with Gasteiger partial charge in [-0.05, 0) is 39.7 Å².